The topological polar surface area (TPSA) is 32.6 Å². The van der Waals surface area contributed by atoms with Crippen LogP contribution in [-0.4, -0.2) is 18.4 Å². The number of aryl methyl sites for hydroxylation is 1. The van der Waals surface area contributed by atoms with Crippen molar-refractivity contribution in [2.75, 3.05) is 7.05 Å². The fourth-order valence-electron chi connectivity index (χ4n) is 2.52. The van der Waals surface area contributed by atoms with E-state index < -0.39 is 20.8 Å². The van der Waals surface area contributed by atoms with Crippen LogP contribution >= 0.6 is 17.0 Å². The number of rotatable bonds is 3. The third-order valence-corrected chi connectivity index (χ3v) is 3.86. The number of halogens is 2. The van der Waals surface area contributed by atoms with Crippen molar-refractivity contribution in [3.63, 3.8) is 0 Å². The molecule has 0 bridgehead atoms. The average molecular weight is 430 g/mol. The fraction of sp³-hybridized carbons (Fsp3) is 0.278. The van der Waals surface area contributed by atoms with Crippen molar-refractivity contribution in [2.24, 2.45) is 4.99 Å². The third kappa shape index (κ3) is 5.17. The van der Waals surface area contributed by atoms with Gasteiger partial charge in [0, 0.05) is 29.8 Å². The molecule has 2 aromatic rings. The van der Waals surface area contributed by atoms with Gasteiger partial charge in [0.1, 0.15) is 5.75 Å². The number of aromatic hydroxyl groups is 1. The Hall–Kier alpha value is -0.627. The molecule has 2 rings (SSSR count). The number of benzene rings is 2. The van der Waals surface area contributed by atoms with Gasteiger partial charge in [0.05, 0.1) is 0 Å². The first-order chi connectivity index (χ1) is 10.9. The van der Waals surface area contributed by atoms with Gasteiger partial charge in [-0.2, -0.15) is 0 Å². The molecule has 5 heteroatoms. The first-order valence-electron chi connectivity index (χ1n) is 7.17. The summed E-state index contributed by atoms with van der Waals surface area (Å²) >= 11 is -0.826. The normalized spacial score (nSPS) is 11.0. The van der Waals surface area contributed by atoms with E-state index in [1.807, 2.05) is 37.3 Å². The minimum atomic E-state index is -0.826. The van der Waals surface area contributed by atoms with Crippen molar-refractivity contribution in [1.29, 1.82) is 0 Å². The second kappa shape index (κ2) is 9.62. The quantitative estimate of drug-likeness (QED) is 0.647. The van der Waals surface area contributed by atoms with E-state index in [9.17, 15) is 5.11 Å². The van der Waals surface area contributed by atoms with Gasteiger partial charge < -0.3 is 5.11 Å². The van der Waals surface area contributed by atoms with Gasteiger partial charge in [-0.15, -0.1) is 0 Å². The average Bonchev–Trinajstić information content (AvgIpc) is 2.53. The SMILES string of the molecule is CN=Cc1c(C)ccc(C(C)(C)c2ccccc2)c1O.[Cl][Zr][Cl]. The van der Waals surface area contributed by atoms with Crippen LogP contribution in [0.25, 0.3) is 0 Å². The number of hydrogen-bond acceptors (Lipinski definition) is 2. The number of phenols is 1. The molecular weight excluding hydrogens is 408 g/mol. The third-order valence-electron chi connectivity index (χ3n) is 3.86. The standard InChI is InChI=1S/C18H21NO.2ClH.Zr/c1-13-10-11-16(17(20)15(13)12-19-4)18(2,3)14-8-6-5-7-9-14;;;/h5-12,20H,1-4H3;2*1H;/q;;;+2/p-2. The molecule has 0 atom stereocenters. The Morgan fingerprint density at radius 2 is 1.65 bits per heavy atom. The van der Waals surface area contributed by atoms with Crippen molar-refractivity contribution < 1.29 is 26.0 Å². The molecule has 0 radical (unpaired) electrons. The van der Waals surface area contributed by atoms with E-state index in [-0.39, 0.29) is 5.41 Å². The summed E-state index contributed by atoms with van der Waals surface area (Å²) in [4.78, 5) is 4.04. The van der Waals surface area contributed by atoms with Crippen LogP contribution in [0.15, 0.2) is 47.5 Å². The summed E-state index contributed by atoms with van der Waals surface area (Å²) < 4.78 is 0. The second-order valence-electron chi connectivity index (χ2n) is 5.64. The predicted molar refractivity (Wildman–Crippen MR) is 96.6 cm³/mol. The summed E-state index contributed by atoms with van der Waals surface area (Å²) in [6.07, 6.45) is 1.72. The van der Waals surface area contributed by atoms with Crippen LogP contribution in [0, 0.1) is 6.92 Å². The van der Waals surface area contributed by atoms with Crippen LogP contribution in [-0.2, 0) is 26.3 Å². The van der Waals surface area contributed by atoms with Gasteiger partial charge in [0.15, 0.2) is 0 Å². The molecule has 0 fully saturated rings. The molecular formula is C18H21Cl2NOZr. The molecule has 0 amide bonds. The molecule has 0 unspecified atom stereocenters. The van der Waals surface area contributed by atoms with Crippen LogP contribution in [0.5, 0.6) is 5.75 Å². The molecule has 0 aromatic heterocycles. The maximum atomic E-state index is 10.6. The maximum absolute atomic E-state index is 10.6. The number of phenolic OH excluding ortho intramolecular Hbond substituents is 1. The second-order valence-corrected chi connectivity index (χ2v) is 9.37. The van der Waals surface area contributed by atoms with Gasteiger partial charge in [0.25, 0.3) is 0 Å². The monoisotopic (exact) mass is 427 g/mol. The fourth-order valence-corrected chi connectivity index (χ4v) is 2.52. The minimum absolute atomic E-state index is 0.255. The van der Waals surface area contributed by atoms with E-state index in [2.05, 4.69) is 31.0 Å². The van der Waals surface area contributed by atoms with Gasteiger partial charge in [-0.05, 0) is 18.1 Å². The van der Waals surface area contributed by atoms with E-state index in [1.165, 1.54) is 5.56 Å². The van der Waals surface area contributed by atoms with E-state index in [0.717, 1.165) is 16.7 Å². The Bertz CT molecular complexity index is 658. The summed E-state index contributed by atoms with van der Waals surface area (Å²) in [5.41, 5.74) is 3.67. The van der Waals surface area contributed by atoms with Gasteiger partial charge >= 0.3 is 37.9 Å². The molecule has 0 heterocycles. The van der Waals surface area contributed by atoms with E-state index in [1.54, 1.807) is 13.3 Å². The van der Waals surface area contributed by atoms with E-state index >= 15 is 0 Å². The summed E-state index contributed by atoms with van der Waals surface area (Å²) in [6, 6.07) is 14.3. The van der Waals surface area contributed by atoms with Crippen molar-refractivity contribution in [3.8, 4) is 5.75 Å². The van der Waals surface area contributed by atoms with Crippen LogP contribution in [0.1, 0.15) is 36.1 Å². The van der Waals surface area contributed by atoms with Crippen LogP contribution in [0.2, 0.25) is 0 Å². The van der Waals surface area contributed by atoms with Crippen molar-refractivity contribution in [3.05, 3.63) is 64.7 Å². The van der Waals surface area contributed by atoms with Crippen LogP contribution in [0.3, 0.4) is 0 Å². The number of nitrogens with zero attached hydrogens (tertiary/aromatic N) is 1. The van der Waals surface area contributed by atoms with E-state index in [4.69, 9.17) is 17.0 Å². The molecule has 2 aromatic carbocycles. The molecule has 23 heavy (non-hydrogen) atoms. The molecule has 0 spiro atoms. The van der Waals surface area contributed by atoms with Crippen molar-refractivity contribution in [1.82, 2.24) is 0 Å². The zero-order valence-corrected chi connectivity index (χ0v) is 17.7. The summed E-state index contributed by atoms with van der Waals surface area (Å²) in [5, 5.41) is 10.6. The molecule has 0 aliphatic heterocycles. The van der Waals surface area contributed by atoms with Crippen molar-refractivity contribution in [2.45, 2.75) is 26.2 Å². The molecule has 0 saturated heterocycles. The van der Waals surface area contributed by atoms with Gasteiger partial charge in [-0.25, -0.2) is 0 Å². The molecule has 122 valence electrons. The predicted octanol–water partition coefficient (Wildman–Crippen LogP) is 5.45. The Kier molecular flexibility index (Phi) is 8.54. The Labute approximate surface area is 157 Å². The molecule has 0 aliphatic rings. The first-order valence-corrected chi connectivity index (χ1v) is 13.5. The number of hydrogen-bond donors (Lipinski definition) is 1. The van der Waals surface area contributed by atoms with Crippen molar-refractivity contribution >= 4 is 23.2 Å². The molecule has 0 aliphatic carbocycles. The summed E-state index contributed by atoms with van der Waals surface area (Å²) in [6.45, 7) is 6.23. The summed E-state index contributed by atoms with van der Waals surface area (Å²) in [7, 11) is 11.6. The van der Waals surface area contributed by atoms with E-state index in [0.29, 0.717) is 5.75 Å². The zero-order chi connectivity index (χ0) is 17.5. The zero-order valence-electron chi connectivity index (χ0n) is 13.8. The van der Waals surface area contributed by atoms with Gasteiger partial charge in [0.2, 0.25) is 0 Å². The molecule has 0 saturated carbocycles. The first kappa shape index (κ1) is 20.4. The summed E-state index contributed by atoms with van der Waals surface area (Å²) in [5.74, 6) is 0.324. The Morgan fingerprint density at radius 1 is 1.09 bits per heavy atom. The molecule has 2 nitrogen and oxygen atoms in total. The van der Waals surface area contributed by atoms with Crippen LogP contribution < -0.4 is 0 Å². The number of aliphatic imine (C=N–C) groups is 1. The van der Waals surface area contributed by atoms with Crippen LogP contribution in [0.4, 0.5) is 0 Å². The van der Waals surface area contributed by atoms with Gasteiger partial charge in [-0.3, -0.25) is 4.99 Å². The molecule has 1 N–H and O–H groups in total. The Balaban J connectivity index is 0.000000816. The Morgan fingerprint density at radius 3 is 2.17 bits per heavy atom. The van der Waals surface area contributed by atoms with Gasteiger partial charge in [-0.1, -0.05) is 56.3 Å².